The van der Waals surface area contributed by atoms with E-state index in [0.717, 1.165) is 48.9 Å². The number of guanidine groups is 1. The summed E-state index contributed by atoms with van der Waals surface area (Å²) in [5.74, 6) is 1.18. The molecule has 4 nitrogen and oxygen atoms in total. The summed E-state index contributed by atoms with van der Waals surface area (Å²) >= 11 is 6.01. The summed E-state index contributed by atoms with van der Waals surface area (Å²) in [5.41, 5.74) is 1.15. The molecular formula is C16H25ClIN3O. The predicted molar refractivity (Wildman–Crippen MR) is 103 cm³/mol. The average Bonchev–Trinajstić information content (AvgIpc) is 2.85. The number of aliphatic hydroxyl groups excluding tert-OH is 1. The SMILES string of the molecule is CN=C(NCC1CCCC1O)N(C)Cc1cccc(Cl)c1.I. The van der Waals surface area contributed by atoms with E-state index in [0.29, 0.717) is 5.92 Å². The number of halogens is 2. The van der Waals surface area contributed by atoms with E-state index in [1.165, 1.54) is 0 Å². The molecule has 2 N–H and O–H groups in total. The second-order valence-electron chi connectivity index (χ2n) is 5.67. The maximum Gasteiger partial charge on any atom is 0.193 e. The molecule has 2 atom stereocenters. The average molecular weight is 438 g/mol. The molecule has 1 saturated carbocycles. The van der Waals surface area contributed by atoms with Gasteiger partial charge in [0.25, 0.3) is 0 Å². The molecule has 6 heteroatoms. The molecule has 0 amide bonds. The summed E-state index contributed by atoms with van der Waals surface area (Å²) in [7, 11) is 3.78. The first-order valence-corrected chi connectivity index (χ1v) is 7.82. The van der Waals surface area contributed by atoms with Gasteiger partial charge in [-0.2, -0.15) is 0 Å². The second-order valence-corrected chi connectivity index (χ2v) is 6.11. The van der Waals surface area contributed by atoms with E-state index in [1.54, 1.807) is 7.05 Å². The summed E-state index contributed by atoms with van der Waals surface area (Å²) in [6.45, 7) is 1.52. The normalized spacial score (nSPS) is 21.4. The molecule has 0 spiro atoms. The Kier molecular flexibility index (Phi) is 8.49. The van der Waals surface area contributed by atoms with Crippen LogP contribution in [0.1, 0.15) is 24.8 Å². The fourth-order valence-electron chi connectivity index (χ4n) is 2.85. The number of rotatable bonds is 4. The van der Waals surface area contributed by atoms with Crippen LogP contribution in [0.4, 0.5) is 0 Å². The van der Waals surface area contributed by atoms with Crippen molar-refractivity contribution in [1.82, 2.24) is 10.2 Å². The van der Waals surface area contributed by atoms with Crippen molar-refractivity contribution in [2.45, 2.75) is 31.9 Å². The summed E-state index contributed by atoms with van der Waals surface area (Å²) in [5, 5.41) is 14.0. The fraction of sp³-hybridized carbons (Fsp3) is 0.562. The quantitative estimate of drug-likeness (QED) is 0.432. The van der Waals surface area contributed by atoms with Crippen LogP contribution >= 0.6 is 35.6 Å². The number of aliphatic imine (C=N–C) groups is 1. The zero-order valence-corrected chi connectivity index (χ0v) is 16.2. The molecule has 0 saturated heterocycles. The van der Waals surface area contributed by atoms with E-state index >= 15 is 0 Å². The van der Waals surface area contributed by atoms with Gasteiger partial charge in [0.15, 0.2) is 5.96 Å². The maximum atomic E-state index is 9.87. The van der Waals surface area contributed by atoms with E-state index in [2.05, 4.69) is 21.3 Å². The molecule has 1 aliphatic carbocycles. The van der Waals surface area contributed by atoms with Gasteiger partial charge in [-0.1, -0.05) is 30.2 Å². The molecule has 0 aliphatic heterocycles. The van der Waals surface area contributed by atoms with Gasteiger partial charge in [0, 0.05) is 38.1 Å². The van der Waals surface area contributed by atoms with Gasteiger partial charge in [-0.05, 0) is 30.5 Å². The monoisotopic (exact) mass is 437 g/mol. The van der Waals surface area contributed by atoms with Crippen molar-refractivity contribution in [3.8, 4) is 0 Å². The number of benzene rings is 1. The topological polar surface area (TPSA) is 47.9 Å². The molecule has 0 aromatic heterocycles. The first-order valence-electron chi connectivity index (χ1n) is 7.44. The van der Waals surface area contributed by atoms with Crippen molar-refractivity contribution in [3.63, 3.8) is 0 Å². The Morgan fingerprint density at radius 3 is 2.82 bits per heavy atom. The molecule has 1 fully saturated rings. The van der Waals surface area contributed by atoms with Gasteiger partial charge < -0.3 is 15.3 Å². The lowest BCUT2D eigenvalue weighted by Gasteiger charge is -2.24. The lowest BCUT2D eigenvalue weighted by atomic mass is 10.1. The van der Waals surface area contributed by atoms with Crippen molar-refractivity contribution >= 4 is 41.5 Å². The third-order valence-corrected chi connectivity index (χ3v) is 4.26. The zero-order chi connectivity index (χ0) is 15.2. The van der Waals surface area contributed by atoms with Crippen LogP contribution in [0, 0.1) is 5.92 Å². The van der Waals surface area contributed by atoms with Crippen LogP contribution in [-0.2, 0) is 6.54 Å². The van der Waals surface area contributed by atoms with Crippen LogP contribution < -0.4 is 5.32 Å². The molecule has 0 bridgehead atoms. The maximum absolute atomic E-state index is 9.87. The Morgan fingerprint density at radius 1 is 1.45 bits per heavy atom. The largest absolute Gasteiger partial charge is 0.393 e. The molecule has 0 radical (unpaired) electrons. The Balaban J connectivity index is 0.00000242. The zero-order valence-electron chi connectivity index (χ0n) is 13.1. The van der Waals surface area contributed by atoms with Crippen molar-refractivity contribution in [2.75, 3.05) is 20.6 Å². The highest BCUT2D eigenvalue weighted by atomic mass is 127. The molecule has 22 heavy (non-hydrogen) atoms. The van der Waals surface area contributed by atoms with Crippen LogP contribution in [0.15, 0.2) is 29.3 Å². The standard InChI is InChI=1S/C16H24ClN3O.HI/c1-18-16(19-10-13-6-4-8-15(13)21)20(2)11-12-5-3-7-14(17)9-12;/h3,5,7,9,13,15,21H,4,6,8,10-11H2,1-2H3,(H,18,19);1H. The number of nitrogens with zero attached hydrogens (tertiary/aromatic N) is 2. The summed E-state index contributed by atoms with van der Waals surface area (Å²) in [6, 6.07) is 7.85. The van der Waals surface area contributed by atoms with Gasteiger partial charge in [0.2, 0.25) is 0 Å². The molecule has 124 valence electrons. The minimum atomic E-state index is -0.172. The van der Waals surface area contributed by atoms with E-state index in [4.69, 9.17) is 11.6 Å². The minimum absolute atomic E-state index is 0. The first kappa shape index (κ1) is 19.5. The van der Waals surface area contributed by atoms with Gasteiger partial charge in [-0.15, -0.1) is 24.0 Å². The van der Waals surface area contributed by atoms with Crippen LogP contribution in [0.25, 0.3) is 0 Å². The van der Waals surface area contributed by atoms with Crippen LogP contribution in [-0.4, -0.2) is 42.7 Å². The van der Waals surface area contributed by atoms with Crippen LogP contribution in [0.2, 0.25) is 5.02 Å². The van der Waals surface area contributed by atoms with Gasteiger partial charge in [0.05, 0.1) is 6.10 Å². The van der Waals surface area contributed by atoms with Crippen molar-refractivity contribution < 1.29 is 5.11 Å². The van der Waals surface area contributed by atoms with Crippen molar-refractivity contribution in [3.05, 3.63) is 34.9 Å². The molecule has 1 aromatic rings. The van der Waals surface area contributed by atoms with Crippen LogP contribution in [0.5, 0.6) is 0 Å². The predicted octanol–water partition coefficient (Wildman–Crippen LogP) is 3.13. The highest BCUT2D eigenvalue weighted by molar-refractivity contribution is 14.0. The lowest BCUT2D eigenvalue weighted by molar-refractivity contribution is 0.134. The van der Waals surface area contributed by atoms with E-state index in [9.17, 15) is 5.11 Å². The van der Waals surface area contributed by atoms with Gasteiger partial charge in [-0.3, -0.25) is 4.99 Å². The molecule has 0 heterocycles. The highest BCUT2D eigenvalue weighted by Gasteiger charge is 2.25. The van der Waals surface area contributed by atoms with E-state index < -0.39 is 0 Å². The van der Waals surface area contributed by atoms with Crippen LogP contribution in [0.3, 0.4) is 0 Å². The third-order valence-electron chi connectivity index (χ3n) is 4.02. The van der Waals surface area contributed by atoms with E-state index in [1.807, 2.05) is 25.2 Å². The van der Waals surface area contributed by atoms with Gasteiger partial charge in [0.1, 0.15) is 0 Å². The Hall–Kier alpha value is -0.530. The molecule has 2 unspecified atom stereocenters. The molecule has 1 aromatic carbocycles. The number of aliphatic hydroxyl groups is 1. The van der Waals surface area contributed by atoms with Crippen molar-refractivity contribution in [1.29, 1.82) is 0 Å². The third kappa shape index (κ3) is 5.59. The summed E-state index contributed by atoms with van der Waals surface area (Å²) < 4.78 is 0. The minimum Gasteiger partial charge on any atom is -0.393 e. The summed E-state index contributed by atoms with van der Waals surface area (Å²) in [4.78, 5) is 6.37. The van der Waals surface area contributed by atoms with Gasteiger partial charge >= 0.3 is 0 Å². The molecule has 1 aliphatic rings. The lowest BCUT2D eigenvalue weighted by Crippen LogP contribution is -2.41. The Morgan fingerprint density at radius 2 is 2.23 bits per heavy atom. The van der Waals surface area contributed by atoms with E-state index in [-0.39, 0.29) is 30.1 Å². The molecular weight excluding hydrogens is 413 g/mol. The number of hydrogen-bond acceptors (Lipinski definition) is 2. The Labute approximate surface area is 155 Å². The number of hydrogen-bond donors (Lipinski definition) is 2. The highest BCUT2D eigenvalue weighted by Crippen LogP contribution is 2.24. The fourth-order valence-corrected chi connectivity index (χ4v) is 3.06. The number of nitrogens with one attached hydrogen (secondary N) is 1. The summed E-state index contributed by atoms with van der Waals surface area (Å²) in [6.07, 6.45) is 2.95. The smallest absolute Gasteiger partial charge is 0.193 e. The van der Waals surface area contributed by atoms with Crippen molar-refractivity contribution in [2.24, 2.45) is 10.9 Å². The Bertz CT molecular complexity index is 498. The second kappa shape index (κ2) is 9.57. The molecule has 2 rings (SSSR count). The van der Waals surface area contributed by atoms with Gasteiger partial charge in [-0.25, -0.2) is 0 Å². The first-order chi connectivity index (χ1) is 10.1.